The van der Waals surface area contributed by atoms with Crippen LogP contribution in [0, 0.1) is 0 Å². The summed E-state index contributed by atoms with van der Waals surface area (Å²) >= 11 is 6.12. The summed E-state index contributed by atoms with van der Waals surface area (Å²) in [5, 5.41) is 8.51. The number of aromatic nitrogens is 6. The second-order valence-electron chi connectivity index (χ2n) is 7.58. The molecule has 1 fully saturated rings. The van der Waals surface area contributed by atoms with Crippen molar-refractivity contribution in [1.29, 1.82) is 0 Å². The minimum atomic E-state index is -4.77. The van der Waals surface area contributed by atoms with Gasteiger partial charge in [-0.2, -0.15) is 23.3 Å². The maximum atomic E-state index is 12.9. The van der Waals surface area contributed by atoms with Crippen LogP contribution in [0.3, 0.4) is 0 Å². The Morgan fingerprint density at radius 1 is 1.21 bits per heavy atom. The van der Waals surface area contributed by atoms with Crippen LogP contribution in [0.4, 0.5) is 13.2 Å². The standard InChI is InChI=1S/C20H16ClF3N6O3/c21-11-1-2-13(16-28-19(33-29-16)20(22,23)24)10(7-11)8-15-26-17-14(18(31)27-15)9-25-30(17)12-3-5-32-6-4-12/h1-2,7,9,12H,3-6,8H2,(H,26,27,31). The summed E-state index contributed by atoms with van der Waals surface area (Å²) in [4.78, 5) is 23.4. The zero-order valence-corrected chi connectivity index (χ0v) is 17.7. The molecule has 33 heavy (non-hydrogen) atoms. The molecule has 0 amide bonds. The third kappa shape index (κ3) is 4.23. The minimum absolute atomic E-state index is 0.0558. The van der Waals surface area contributed by atoms with Crippen molar-refractivity contribution in [3.63, 3.8) is 0 Å². The predicted octanol–water partition coefficient (Wildman–Crippen LogP) is 3.78. The third-order valence-corrected chi connectivity index (χ3v) is 5.62. The molecule has 0 atom stereocenters. The molecule has 0 aliphatic carbocycles. The molecule has 0 radical (unpaired) electrons. The van der Waals surface area contributed by atoms with Gasteiger partial charge in [0.15, 0.2) is 5.65 Å². The Kier molecular flexibility index (Phi) is 5.41. The number of rotatable bonds is 4. The third-order valence-electron chi connectivity index (χ3n) is 5.38. The first-order valence-electron chi connectivity index (χ1n) is 10.0. The van der Waals surface area contributed by atoms with Gasteiger partial charge in [-0.1, -0.05) is 16.8 Å². The molecule has 1 aliphatic heterocycles. The average molecular weight is 481 g/mol. The molecule has 4 heterocycles. The van der Waals surface area contributed by atoms with Gasteiger partial charge in [0.05, 0.1) is 12.2 Å². The molecular weight excluding hydrogens is 465 g/mol. The van der Waals surface area contributed by atoms with E-state index in [1.165, 1.54) is 18.3 Å². The normalized spacial score (nSPS) is 15.4. The van der Waals surface area contributed by atoms with Gasteiger partial charge in [0.1, 0.15) is 11.2 Å². The van der Waals surface area contributed by atoms with Crippen LogP contribution in [0.1, 0.15) is 36.2 Å². The highest BCUT2D eigenvalue weighted by atomic mass is 35.5. The fourth-order valence-electron chi connectivity index (χ4n) is 3.82. The first-order valence-corrected chi connectivity index (χ1v) is 10.4. The summed E-state index contributed by atoms with van der Waals surface area (Å²) in [5.41, 5.74) is 0.815. The quantitative estimate of drug-likeness (QED) is 0.473. The predicted molar refractivity (Wildman–Crippen MR) is 110 cm³/mol. The lowest BCUT2D eigenvalue weighted by Crippen LogP contribution is -2.21. The zero-order chi connectivity index (χ0) is 23.2. The van der Waals surface area contributed by atoms with E-state index in [0.717, 1.165) is 12.8 Å². The molecule has 1 aliphatic rings. The van der Waals surface area contributed by atoms with Crippen molar-refractivity contribution in [3.8, 4) is 11.4 Å². The molecule has 9 nitrogen and oxygen atoms in total. The molecule has 13 heteroatoms. The summed E-state index contributed by atoms with van der Waals surface area (Å²) in [6.45, 7) is 1.19. The number of hydrogen-bond acceptors (Lipinski definition) is 7. The molecule has 0 unspecified atom stereocenters. The highest BCUT2D eigenvalue weighted by Gasteiger charge is 2.38. The van der Waals surface area contributed by atoms with Gasteiger partial charge in [0.25, 0.3) is 5.56 Å². The van der Waals surface area contributed by atoms with Crippen LogP contribution in [0.5, 0.6) is 0 Å². The molecule has 0 bridgehead atoms. The number of ether oxygens (including phenoxy) is 1. The van der Waals surface area contributed by atoms with E-state index in [1.807, 2.05) is 0 Å². The summed E-state index contributed by atoms with van der Waals surface area (Å²) in [6.07, 6.45) is -1.73. The van der Waals surface area contributed by atoms with E-state index >= 15 is 0 Å². The topological polar surface area (TPSA) is 112 Å². The Morgan fingerprint density at radius 3 is 2.73 bits per heavy atom. The van der Waals surface area contributed by atoms with Gasteiger partial charge in [-0.3, -0.25) is 4.79 Å². The molecule has 0 spiro atoms. The number of nitrogens with one attached hydrogen (secondary N) is 1. The van der Waals surface area contributed by atoms with Gasteiger partial charge in [-0.05, 0) is 36.6 Å². The highest BCUT2D eigenvalue weighted by Crippen LogP contribution is 2.32. The van der Waals surface area contributed by atoms with Gasteiger partial charge >= 0.3 is 12.1 Å². The Bertz CT molecular complexity index is 1370. The van der Waals surface area contributed by atoms with Crippen molar-refractivity contribution in [1.82, 2.24) is 29.9 Å². The fourth-order valence-corrected chi connectivity index (χ4v) is 4.01. The van der Waals surface area contributed by atoms with Crippen molar-refractivity contribution in [3.05, 3.63) is 57.1 Å². The van der Waals surface area contributed by atoms with Crippen LogP contribution in [0.25, 0.3) is 22.4 Å². The number of benzene rings is 1. The van der Waals surface area contributed by atoms with Crippen molar-refractivity contribution in [2.45, 2.75) is 31.5 Å². The molecule has 4 aromatic rings. The maximum absolute atomic E-state index is 12.9. The number of alkyl halides is 3. The van der Waals surface area contributed by atoms with E-state index < -0.39 is 12.1 Å². The van der Waals surface area contributed by atoms with Crippen molar-refractivity contribution in [2.75, 3.05) is 13.2 Å². The van der Waals surface area contributed by atoms with Crippen LogP contribution in [0.15, 0.2) is 33.7 Å². The van der Waals surface area contributed by atoms with Crippen LogP contribution < -0.4 is 5.56 Å². The lowest BCUT2D eigenvalue weighted by Gasteiger charge is -2.22. The van der Waals surface area contributed by atoms with Crippen LogP contribution in [-0.4, -0.2) is 43.1 Å². The Hall–Kier alpha value is -3.25. The second kappa shape index (κ2) is 8.27. The number of fused-ring (bicyclic) bond motifs is 1. The monoisotopic (exact) mass is 480 g/mol. The van der Waals surface area contributed by atoms with Gasteiger partial charge in [0.2, 0.25) is 5.82 Å². The molecular formula is C20H16ClF3N6O3. The van der Waals surface area contributed by atoms with E-state index in [2.05, 4.69) is 29.7 Å². The van der Waals surface area contributed by atoms with E-state index in [0.29, 0.717) is 40.7 Å². The Morgan fingerprint density at radius 2 is 2.00 bits per heavy atom. The largest absolute Gasteiger partial charge is 0.471 e. The first-order chi connectivity index (χ1) is 15.8. The smallest absolute Gasteiger partial charge is 0.381 e. The van der Waals surface area contributed by atoms with Gasteiger partial charge in [-0.25, -0.2) is 9.67 Å². The average Bonchev–Trinajstić information content (AvgIpc) is 3.42. The van der Waals surface area contributed by atoms with Crippen molar-refractivity contribution >= 4 is 22.6 Å². The lowest BCUT2D eigenvalue weighted by molar-refractivity contribution is -0.159. The Labute approximate surface area is 188 Å². The number of nitrogens with zero attached hydrogens (tertiary/aromatic N) is 5. The van der Waals surface area contributed by atoms with E-state index in [-0.39, 0.29) is 29.4 Å². The SMILES string of the molecule is O=c1[nH]c(Cc2cc(Cl)ccc2-c2noc(C(F)(F)F)n2)nc2c1cnn2C1CCOCC1. The number of aromatic amines is 1. The summed E-state index contributed by atoms with van der Waals surface area (Å²) in [7, 11) is 0. The molecule has 172 valence electrons. The van der Waals surface area contributed by atoms with E-state index in [1.54, 1.807) is 10.7 Å². The maximum Gasteiger partial charge on any atom is 0.471 e. The fraction of sp³-hybridized carbons (Fsp3) is 0.350. The summed E-state index contributed by atoms with van der Waals surface area (Å²) in [5.74, 6) is -1.40. The first kappa shape index (κ1) is 21.6. The number of H-pyrrole nitrogens is 1. The molecule has 1 aromatic carbocycles. The highest BCUT2D eigenvalue weighted by molar-refractivity contribution is 6.30. The van der Waals surface area contributed by atoms with Crippen molar-refractivity contribution < 1.29 is 22.4 Å². The molecule has 1 saturated heterocycles. The minimum Gasteiger partial charge on any atom is -0.381 e. The number of hydrogen-bond donors (Lipinski definition) is 1. The Balaban J connectivity index is 1.54. The molecule has 5 rings (SSSR count). The molecule has 0 saturated carbocycles. The summed E-state index contributed by atoms with van der Waals surface area (Å²) in [6, 6.07) is 4.61. The van der Waals surface area contributed by atoms with E-state index in [9.17, 15) is 18.0 Å². The summed E-state index contributed by atoms with van der Waals surface area (Å²) < 4.78 is 50.2. The lowest BCUT2D eigenvalue weighted by atomic mass is 10.0. The van der Waals surface area contributed by atoms with E-state index in [4.69, 9.17) is 16.3 Å². The van der Waals surface area contributed by atoms with Gasteiger partial charge in [0, 0.05) is 30.2 Å². The van der Waals surface area contributed by atoms with Gasteiger partial charge in [-0.15, -0.1) is 0 Å². The zero-order valence-electron chi connectivity index (χ0n) is 16.9. The molecule has 1 N–H and O–H groups in total. The second-order valence-corrected chi connectivity index (χ2v) is 8.02. The number of halogens is 4. The van der Waals surface area contributed by atoms with Crippen molar-refractivity contribution in [2.24, 2.45) is 0 Å². The molecule has 3 aromatic heterocycles. The van der Waals surface area contributed by atoms with Crippen LogP contribution in [0.2, 0.25) is 5.02 Å². The van der Waals surface area contributed by atoms with Crippen LogP contribution in [-0.2, 0) is 17.3 Å². The van der Waals surface area contributed by atoms with Gasteiger partial charge < -0.3 is 14.2 Å². The van der Waals surface area contributed by atoms with Crippen LogP contribution >= 0.6 is 11.6 Å².